The standard InChI is InChI=1S/C18H24N2/c1-4-12-19-18(17-7-5-6-15(3)20-17)13-16-10-8-14(2)9-11-16/h5-11,18-19H,4,12-13H2,1-3H3. The van der Waals surface area contributed by atoms with Crippen LogP contribution in [0.25, 0.3) is 0 Å². The second-order valence-corrected chi connectivity index (χ2v) is 5.40. The van der Waals surface area contributed by atoms with E-state index in [9.17, 15) is 0 Å². The summed E-state index contributed by atoms with van der Waals surface area (Å²) in [4.78, 5) is 4.68. The molecule has 0 aliphatic heterocycles. The van der Waals surface area contributed by atoms with Crippen molar-refractivity contribution >= 4 is 0 Å². The molecule has 106 valence electrons. The Hall–Kier alpha value is -1.67. The van der Waals surface area contributed by atoms with Crippen LogP contribution in [-0.4, -0.2) is 11.5 Å². The molecule has 2 nitrogen and oxygen atoms in total. The predicted molar refractivity (Wildman–Crippen MR) is 84.9 cm³/mol. The Bertz CT molecular complexity index is 531. The van der Waals surface area contributed by atoms with Crippen LogP contribution < -0.4 is 5.32 Å². The summed E-state index contributed by atoms with van der Waals surface area (Å²) in [5, 5.41) is 3.61. The molecular weight excluding hydrogens is 244 g/mol. The second kappa shape index (κ2) is 7.20. The number of rotatable bonds is 6. The minimum Gasteiger partial charge on any atom is -0.308 e. The van der Waals surface area contributed by atoms with Crippen molar-refractivity contribution in [2.45, 2.75) is 39.7 Å². The molecule has 2 rings (SSSR count). The number of benzene rings is 1. The Labute approximate surface area is 122 Å². The van der Waals surface area contributed by atoms with Crippen LogP contribution in [0.5, 0.6) is 0 Å². The highest BCUT2D eigenvalue weighted by Crippen LogP contribution is 2.17. The van der Waals surface area contributed by atoms with Gasteiger partial charge in [0, 0.05) is 5.69 Å². The van der Waals surface area contributed by atoms with Crippen molar-refractivity contribution in [1.29, 1.82) is 0 Å². The zero-order valence-corrected chi connectivity index (χ0v) is 12.7. The molecule has 2 heteroatoms. The van der Waals surface area contributed by atoms with E-state index in [-0.39, 0.29) is 6.04 Å². The van der Waals surface area contributed by atoms with Gasteiger partial charge in [-0.1, -0.05) is 42.8 Å². The lowest BCUT2D eigenvalue weighted by molar-refractivity contribution is 0.517. The summed E-state index contributed by atoms with van der Waals surface area (Å²) in [5.41, 5.74) is 4.88. The van der Waals surface area contributed by atoms with Crippen LogP contribution in [0.4, 0.5) is 0 Å². The third kappa shape index (κ3) is 4.17. The van der Waals surface area contributed by atoms with Gasteiger partial charge in [-0.3, -0.25) is 4.98 Å². The lowest BCUT2D eigenvalue weighted by atomic mass is 10.0. The molecule has 0 saturated heterocycles. The lowest BCUT2D eigenvalue weighted by Gasteiger charge is -2.18. The molecule has 0 radical (unpaired) electrons. The van der Waals surface area contributed by atoms with Gasteiger partial charge in [-0.2, -0.15) is 0 Å². The topological polar surface area (TPSA) is 24.9 Å². The van der Waals surface area contributed by atoms with Gasteiger partial charge in [0.05, 0.1) is 11.7 Å². The maximum atomic E-state index is 4.68. The molecule has 0 bridgehead atoms. The van der Waals surface area contributed by atoms with Gasteiger partial charge in [-0.15, -0.1) is 0 Å². The van der Waals surface area contributed by atoms with Gasteiger partial charge in [0.2, 0.25) is 0 Å². The Morgan fingerprint density at radius 1 is 1.05 bits per heavy atom. The smallest absolute Gasteiger partial charge is 0.0579 e. The molecule has 2 aromatic rings. The molecule has 0 aliphatic carbocycles. The van der Waals surface area contributed by atoms with Gasteiger partial charge < -0.3 is 5.32 Å². The first-order valence-corrected chi connectivity index (χ1v) is 7.41. The van der Waals surface area contributed by atoms with Gasteiger partial charge >= 0.3 is 0 Å². The molecule has 1 unspecified atom stereocenters. The molecule has 1 atom stereocenters. The van der Waals surface area contributed by atoms with Crippen LogP contribution in [0.2, 0.25) is 0 Å². The molecule has 20 heavy (non-hydrogen) atoms. The van der Waals surface area contributed by atoms with Crippen molar-refractivity contribution in [3.8, 4) is 0 Å². The van der Waals surface area contributed by atoms with Gasteiger partial charge in [0.25, 0.3) is 0 Å². The fourth-order valence-corrected chi connectivity index (χ4v) is 2.32. The Balaban J connectivity index is 2.16. The van der Waals surface area contributed by atoms with Crippen molar-refractivity contribution in [2.24, 2.45) is 0 Å². The molecule has 0 saturated carbocycles. The Kier molecular flexibility index (Phi) is 5.31. The molecule has 1 heterocycles. The summed E-state index contributed by atoms with van der Waals surface area (Å²) in [7, 11) is 0. The summed E-state index contributed by atoms with van der Waals surface area (Å²) in [6.45, 7) is 7.39. The van der Waals surface area contributed by atoms with Crippen LogP contribution in [-0.2, 0) is 6.42 Å². The van der Waals surface area contributed by atoms with Gasteiger partial charge in [-0.25, -0.2) is 0 Å². The quantitative estimate of drug-likeness (QED) is 0.857. The predicted octanol–water partition coefficient (Wildman–Crippen LogP) is 3.98. The van der Waals surface area contributed by atoms with Crippen molar-refractivity contribution in [3.63, 3.8) is 0 Å². The third-order valence-corrected chi connectivity index (χ3v) is 3.47. The van der Waals surface area contributed by atoms with E-state index in [1.54, 1.807) is 0 Å². The van der Waals surface area contributed by atoms with E-state index in [4.69, 9.17) is 0 Å². The van der Waals surface area contributed by atoms with Gasteiger partial charge in [-0.05, 0) is 50.9 Å². The number of nitrogens with zero attached hydrogens (tertiary/aromatic N) is 1. The zero-order chi connectivity index (χ0) is 14.4. The Morgan fingerprint density at radius 3 is 2.45 bits per heavy atom. The average molecular weight is 268 g/mol. The lowest BCUT2D eigenvalue weighted by Crippen LogP contribution is -2.25. The van der Waals surface area contributed by atoms with E-state index >= 15 is 0 Å². The molecule has 0 spiro atoms. The van der Waals surface area contributed by atoms with Gasteiger partial charge in [0.15, 0.2) is 0 Å². The summed E-state index contributed by atoms with van der Waals surface area (Å²) >= 11 is 0. The highest BCUT2D eigenvalue weighted by atomic mass is 14.9. The first-order chi connectivity index (χ1) is 9.69. The van der Waals surface area contributed by atoms with E-state index in [2.05, 4.69) is 60.5 Å². The molecule has 0 fully saturated rings. The maximum Gasteiger partial charge on any atom is 0.0579 e. The first-order valence-electron chi connectivity index (χ1n) is 7.41. The van der Waals surface area contributed by atoms with Gasteiger partial charge in [0.1, 0.15) is 0 Å². The van der Waals surface area contributed by atoms with E-state index in [1.165, 1.54) is 11.1 Å². The van der Waals surface area contributed by atoms with E-state index in [1.807, 2.05) is 13.0 Å². The zero-order valence-electron chi connectivity index (χ0n) is 12.7. The molecule has 1 aromatic heterocycles. The minimum atomic E-state index is 0.289. The van der Waals surface area contributed by atoms with Crippen LogP contribution in [0.15, 0.2) is 42.5 Å². The number of pyridine rings is 1. The number of nitrogens with one attached hydrogen (secondary N) is 1. The average Bonchev–Trinajstić information content (AvgIpc) is 2.45. The van der Waals surface area contributed by atoms with Crippen molar-refractivity contribution < 1.29 is 0 Å². The summed E-state index contributed by atoms with van der Waals surface area (Å²) < 4.78 is 0. The summed E-state index contributed by atoms with van der Waals surface area (Å²) in [5.74, 6) is 0. The van der Waals surface area contributed by atoms with Crippen molar-refractivity contribution in [3.05, 3.63) is 65.0 Å². The largest absolute Gasteiger partial charge is 0.308 e. The highest BCUT2D eigenvalue weighted by molar-refractivity contribution is 5.24. The highest BCUT2D eigenvalue weighted by Gasteiger charge is 2.13. The third-order valence-electron chi connectivity index (χ3n) is 3.47. The normalized spacial score (nSPS) is 12.3. The second-order valence-electron chi connectivity index (χ2n) is 5.40. The SMILES string of the molecule is CCCNC(Cc1ccc(C)cc1)c1cccc(C)n1. The van der Waals surface area contributed by atoms with E-state index < -0.39 is 0 Å². The summed E-state index contributed by atoms with van der Waals surface area (Å²) in [6.07, 6.45) is 2.12. The van der Waals surface area contributed by atoms with Crippen LogP contribution in [0.1, 0.15) is 41.9 Å². The molecule has 1 N–H and O–H groups in total. The number of aromatic nitrogens is 1. The van der Waals surface area contributed by atoms with E-state index in [0.29, 0.717) is 0 Å². The number of aryl methyl sites for hydroxylation is 2. The number of hydrogen-bond acceptors (Lipinski definition) is 2. The van der Waals surface area contributed by atoms with Crippen molar-refractivity contribution in [2.75, 3.05) is 6.54 Å². The first kappa shape index (κ1) is 14.7. The van der Waals surface area contributed by atoms with Crippen LogP contribution in [0.3, 0.4) is 0 Å². The van der Waals surface area contributed by atoms with Crippen LogP contribution in [0, 0.1) is 13.8 Å². The fourth-order valence-electron chi connectivity index (χ4n) is 2.32. The molecule has 1 aromatic carbocycles. The number of hydrogen-bond donors (Lipinski definition) is 1. The fraction of sp³-hybridized carbons (Fsp3) is 0.389. The van der Waals surface area contributed by atoms with Crippen molar-refractivity contribution in [1.82, 2.24) is 10.3 Å². The summed E-state index contributed by atoms with van der Waals surface area (Å²) in [6, 6.07) is 15.3. The molecule has 0 amide bonds. The monoisotopic (exact) mass is 268 g/mol. The molecule has 0 aliphatic rings. The Morgan fingerprint density at radius 2 is 1.80 bits per heavy atom. The molecular formula is C18H24N2. The minimum absolute atomic E-state index is 0.289. The maximum absolute atomic E-state index is 4.68. The van der Waals surface area contributed by atoms with Crippen LogP contribution >= 0.6 is 0 Å². The van der Waals surface area contributed by atoms with E-state index in [0.717, 1.165) is 30.8 Å².